The summed E-state index contributed by atoms with van der Waals surface area (Å²) >= 11 is 0.715. The highest BCUT2D eigenvalue weighted by Crippen LogP contribution is 2.32. The lowest BCUT2D eigenvalue weighted by molar-refractivity contribution is -0.385. The molecule has 0 fully saturated rings. The summed E-state index contributed by atoms with van der Waals surface area (Å²) in [6.07, 6.45) is 0. The highest BCUT2D eigenvalue weighted by Gasteiger charge is 2.12. The van der Waals surface area contributed by atoms with Crippen LogP contribution in [0.2, 0.25) is 0 Å². The SMILES string of the molecule is O=[N+]([O-])c1cc(F)cc(Sc2cc(F)ccc2F)c1. The first-order chi connectivity index (χ1) is 8.95. The molecule has 0 amide bonds. The number of nitro benzene ring substituents is 1. The summed E-state index contributed by atoms with van der Waals surface area (Å²) in [5.74, 6) is -2.14. The van der Waals surface area contributed by atoms with Crippen molar-refractivity contribution in [3.05, 3.63) is 64.0 Å². The van der Waals surface area contributed by atoms with E-state index in [-0.39, 0.29) is 9.79 Å². The zero-order valence-electron chi connectivity index (χ0n) is 9.27. The van der Waals surface area contributed by atoms with E-state index >= 15 is 0 Å². The lowest BCUT2D eigenvalue weighted by atomic mass is 10.3. The number of benzene rings is 2. The molecule has 0 N–H and O–H groups in total. The highest BCUT2D eigenvalue weighted by atomic mass is 32.2. The minimum Gasteiger partial charge on any atom is -0.258 e. The van der Waals surface area contributed by atoms with Gasteiger partial charge < -0.3 is 0 Å². The van der Waals surface area contributed by atoms with Crippen LogP contribution in [0.15, 0.2) is 46.2 Å². The van der Waals surface area contributed by atoms with Crippen LogP contribution in [-0.2, 0) is 0 Å². The summed E-state index contributed by atoms with van der Waals surface area (Å²) in [5.41, 5.74) is -0.445. The molecule has 2 rings (SSSR count). The summed E-state index contributed by atoms with van der Waals surface area (Å²) in [4.78, 5) is 9.87. The largest absolute Gasteiger partial charge is 0.273 e. The van der Waals surface area contributed by atoms with Gasteiger partial charge in [-0.3, -0.25) is 10.1 Å². The van der Waals surface area contributed by atoms with E-state index < -0.39 is 28.1 Å². The molecule has 0 heterocycles. The third-order valence-electron chi connectivity index (χ3n) is 2.19. The quantitative estimate of drug-likeness (QED) is 0.628. The molecular formula is C12H6F3NO2S. The molecule has 19 heavy (non-hydrogen) atoms. The summed E-state index contributed by atoms with van der Waals surface area (Å²) in [7, 11) is 0. The monoisotopic (exact) mass is 285 g/mol. The van der Waals surface area contributed by atoms with Crippen LogP contribution >= 0.6 is 11.8 Å². The van der Waals surface area contributed by atoms with Crippen molar-refractivity contribution >= 4 is 17.4 Å². The molecule has 2 aromatic carbocycles. The van der Waals surface area contributed by atoms with Crippen LogP contribution in [0.25, 0.3) is 0 Å². The van der Waals surface area contributed by atoms with E-state index in [1.54, 1.807) is 0 Å². The molecule has 0 aliphatic carbocycles. The van der Waals surface area contributed by atoms with Gasteiger partial charge in [0.05, 0.1) is 15.9 Å². The molecule has 0 saturated heterocycles. The lowest BCUT2D eigenvalue weighted by Crippen LogP contribution is -1.90. The van der Waals surface area contributed by atoms with E-state index in [0.29, 0.717) is 11.8 Å². The Morgan fingerprint density at radius 1 is 1.00 bits per heavy atom. The number of halogens is 3. The van der Waals surface area contributed by atoms with E-state index in [1.807, 2.05) is 0 Å². The molecule has 2 aromatic rings. The van der Waals surface area contributed by atoms with Crippen LogP contribution in [0.4, 0.5) is 18.9 Å². The predicted octanol–water partition coefficient (Wildman–Crippen LogP) is 4.16. The summed E-state index contributed by atoms with van der Waals surface area (Å²) in [6, 6.07) is 5.70. The molecule has 0 atom stereocenters. The van der Waals surface area contributed by atoms with Gasteiger partial charge in [0.15, 0.2) is 0 Å². The highest BCUT2D eigenvalue weighted by molar-refractivity contribution is 7.99. The van der Waals surface area contributed by atoms with Crippen molar-refractivity contribution in [3.8, 4) is 0 Å². The fourth-order valence-corrected chi connectivity index (χ4v) is 2.34. The van der Waals surface area contributed by atoms with Gasteiger partial charge in [-0.1, -0.05) is 11.8 Å². The second-order valence-corrected chi connectivity index (χ2v) is 4.69. The molecule has 0 bridgehead atoms. The maximum atomic E-state index is 13.4. The van der Waals surface area contributed by atoms with E-state index in [4.69, 9.17) is 0 Å². The van der Waals surface area contributed by atoms with Gasteiger partial charge in [-0.15, -0.1) is 0 Å². The predicted molar refractivity (Wildman–Crippen MR) is 63.5 cm³/mol. The van der Waals surface area contributed by atoms with Crippen molar-refractivity contribution in [2.75, 3.05) is 0 Å². The third kappa shape index (κ3) is 3.25. The minimum atomic E-state index is -0.812. The van der Waals surface area contributed by atoms with Gasteiger partial charge in [0, 0.05) is 11.0 Å². The first-order valence-electron chi connectivity index (χ1n) is 5.03. The topological polar surface area (TPSA) is 43.1 Å². The van der Waals surface area contributed by atoms with Gasteiger partial charge in [0.25, 0.3) is 5.69 Å². The van der Waals surface area contributed by atoms with Gasteiger partial charge in [-0.25, -0.2) is 13.2 Å². The van der Waals surface area contributed by atoms with Crippen molar-refractivity contribution in [2.24, 2.45) is 0 Å². The molecule has 98 valence electrons. The normalized spacial score (nSPS) is 10.5. The number of non-ortho nitro benzene ring substituents is 1. The number of rotatable bonds is 3. The molecule has 7 heteroatoms. The van der Waals surface area contributed by atoms with E-state index in [0.717, 1.165) is 36.4 Å². The molecule has 0 saturated carbocycles. The number of nitro groups is 1. The Balaban J connectivity index is 2.38. The van der Waals surface area contributed by atoms with E-state index in [9.17, 15) is 23.3 Å². The lowest BCUT2D eigenvalue weighted by Gasteiger charge is -2.04. The van der Waals surface area contributed by atoms with Crippen molar-refractivity contribution in [1.82, 2.24) is 0 Å². The van der Waals surface area contributed by atoms with Crippen LogP contribution in [0.3, 0.4) is 0 Å². The average Bonchev–Trinajstić information content (AvgIpc) is 2.33. The van der Waals surface area contributed by atoms with Crippen LogP contribution in [-0.4, -0.2) is 4.92 Å². The molecule has 0 radical (unpaired) electrons. The Labute approximate surface area is 110 Å². The fraction of sp³-hybridized carbons (Fsp3) is 0. The number of hydrogen-bond acceptors (Lipinski definition) is 3. The smallest absolute Gasteiger partial charge is 0.258 e. The Kier molecular flexibility index (Phi) is 3.75. The molecule has 0 unspecified atom stereocenters. The van der Waals surface area contributed by atoms with Gasteiger partial charge in [-0.05, 0) is 24.3 Å². The maximum Gasteiger partial charge on any atom is 0.273 e. The van der Waals surface area contributed by atoms with Crippen molar-refractivity contribution < 1.29 is 18.1 Å². The number of nitrogens with zero attached hydrogens (tertiary/aromatic N) is 1. The van der Waals surface area contributed by atoms with Crippen molar-refractivity contribution in [1.29, 1.82) is 0 Å². The second kappa shape index (κ2) is 5.31. The zero-order chi connectivity index (χ0) is 14.0. The van der Waals surface area contributed by atoms with Gasteiger partial charge in [0.2, 0.25) is 0 Å². The average molecular weight is 285 g/mol. The summed E-state index contributed by atoms with van der Waals surface area (Å²) in [5, 5.41) is 10.6. The Bertz CT molecular complexity index is 649. The standard InChI is InChI=1S/C12H6F3NO2S/c13-7-1-2-11(15)12(5-7)19-10-4-8(14)3-9(6-10)16(17)18/h1-6H. The summed E-state index contributed by atoms with van der Waals surface area (Å²) < 4.78 is 39.6. The van der Waals surface area contributed by atoms with Crippen LogP contribution in [0.1, 0.15) is 0 Å². The Morgan fingerprint density at radius 3 is 2.42 bits per heavy atom. The maximum absolute atomic E-state index is 13.4. The Hall–Kier alpha value is -2.02. The van der Waals surface area contributed by atoms with Gasteiger partial charge in [0.1, 0.15) is 17.5 Å². The fourth-order valence-electron chi connectivity index (χ4n) is 1.39. The van der Waals surface area contributed by atoms with Gasteiger partial charge in [-0.2, -0.15) is 0 Å². The van der Waals surface area contributed by atoms with Crippen LogP contribution in [0, 0.1) is 27.6 Å². The Morgan fingerprint density at radius 2 is 1.74 bits per heavy atom. The molecular weight excluding hydrogens is 279 g/mol. The zero-order valence-corrected chi connectivity index (χ0v) is 10.1. The molecule has 0 aliphatic heterocycles. The third-order valence-corrected chi connectivity index (χ3v) is 3.19. The second-order valence-electron chi connectivity index (χ2n) is 3.58. The van der Waals surface area contributed by atoms with Crippen molar-refractivity contribution in [2.45, 2.75) is 9.79 Å². The first-order valence-corrected chi connectivity index (χ1v) is 5.85. The van der Waals surface area contributed by atoms with Gasteiger partial charge >= 0.3 is 0 Å². The minimum absolute atomic E-state index is 0.0695. The number of hydrogen-bond donors (Lipinski definition) is 0. The molecule has 0 spiro atoms. The molecule has 0 aromatic heterocycles. The van der Waals surface area contributed by atoms with Crippen LogP contribution in [0.5, 0.6) is 0 Å². The molecule has 3 nitrogen and oxygen atoms in total. The van der Waals surface area contributed by atoms with E-state index in [1.165, 1.54) is 0 Å². The molecule has 0 aliphatic rings. The summed E-state index contributed by atoms with van der Waals surface area (Å²) in [6.45, 7) is 0. The van der Waals surface area contributed by atoms with Crippen molar-refractivity contribution in [3.63, 3.8) is 0 Å². The van der Waals surface area contributed by atoms with Crippen LogP contribution < -0.4 is 0 Å². The first kappa shape index (κ1) is 13.4. The van der Waals surface area contributed by atoms with E-state index in [2.05, 4.69) is 0 Å².